The Morgan fingerprint density at radius 3 is 0.712 bits per heavy atom. The zero-order chi connectivity index (χ0) is 36.2. The normalized spacial score (nSPS) is 10.4. The molecule has 0 heterocycles. The molecule has 0 amide bonds. The second-order valence-electron chi connectivity index (χ2n) is 12.0. The van der Waals surface area contributed by atoms with Gasteiger partial charge >= 0.3 is 0 Å². The highest BCUT2D eigenvalue weighted by atomic mass is 79.9. The molecule has 242 valence electrons. The van der Waals surface area contributed by atoms with Crippen molar-refractivity contribution in [3.05, 3.63) is 177 Å². The first kappa shape index (κ1) is 33.8. The van der Waals surface area contributed by atoms with Crippen molar-refractivity contribution in [2.75, 3.05) is 0 Å². The minimum absolute atomic E-state index is 0.528. The molecule has 7 aromatic rings. The summed E-state index contributed by atoms with van der Waals surface area (Å²) in [6.45, 7) is 0. The predicted molar refractivity (Wildman–Crippen MR) is 211 cm³/mol. The first-order chi connectivity index (χ1) is 25.4. The molecule has 0 atom stereocenters. The molecule has 0 saturated carbocycles. The molecule has 0 aliphatic rings. The third-order valence-electron chi connectivity index (χ3n) is 8.98. The van der Waals surface area contributed by atoms with Crippen LogP contribution in [0.15, 0.2) is 150 Å². The molecule has 0 aromatic heterocycles. The van der Waals surface area contributed by atoms with E-state index in [0.29, 0.717) is 27.3 Å². The topological polar surface area (TPSA) is 95.2 Å². The fourth-order valence-electron chi connectivity index (χ4n) is 6.56. The van der Waals surface area contributed by atoms with E-state index in [-0.39, 0.29) is 0 Å². The van der Waals surface area contributed by atoms with Crippen molar-refractivity contribution in [3.63, 3.8) is 0 Å². The molecule has 0 radical (unpaired) electrons. The summed E-state index contributed by atoms with van der Waals surface area (Å²) in [6, 6.07) is 55.2. The van der Waals surface area contributed by atoms with E-state index in [1.54, 1.807) is 0 Å². The van der Waals surface area contributed by atoms with E-state index in [4.69, 9.17) is 11.6 Å². The highest BCUT2D eigenvalue weighted by Crippen LogP contribution is 2.56. The maximum atomic E-state index is 9.76. The molecule has 7 aromatic carbocycles. The van der Waals surface area contributed by atoms with Crippen LogP contribution in [-0.4, -0.2) is 0 Å². The number of hydrogen-bond acceptors (Lipinski definition) is 4. The van der Waals surface area contributed by atoms with Gasteiger partial charge in [-0.25, -0.2) is 0 Å². The van der Waals surface area contributed by atoms with E-state index >= 15 is 0 Å². The summed E-state index contributed by atoms with van der Waals surface area (Å²) >= 11 is 10.1. The first-order valence-corrected chi connectivity index (χ1v) is 17.4. The summed E-state index contributed by atoms with van der Waals surface area (Å²) in [5, 5.41) is 39.6. The quantitative estimate of drug-likeness (QED) is 0.169. The predicted octanol–water partition coefficient (Wildman–Crippen LogP) is 12.6. The molecule has 7 rings (SSSR count). The van der Waals surface area contributed by atoms with Gasteiger partial charge in [0.15, 0.2) is 0 Å². The van der Waals surface area contributed by atoms with Crippen LogP contribution >= 0.6 is 27.5 Å². The molecule has 0 bridgehead atoms. The third-order valence-corrected chi connectivity index (χ3v) is 9.76. The summed E-state index contributed by atoms with van der Waals surface area (Å²) in [5.41, 5.74) is 13.0. The van der Waals surface area contributed by atoms with Crippen LogP contribution in [0.1, 0.15) is 22.3 Å². The van der Waals surface area contributed by atoms with E-state index in [0.717, 1.165) is 71.2 Å². The van der Waals surface area contributed by atoms with Crippen LogP contribution in [0.4, 0.5) is 0 Å². The van der Waals surface area contributed by atoms with E-state index in [2.05, 4.69) is 52.3 Å². The number of benzene rings is 7. The summed E-state index contributed by atoms with van der Waals surface area (Å²) in [4.78, 5) is 0. The summed E-state index contributed by atoms with van der Waals surface area (Å²) in [6.07, 6.45) is 0. The number of rotatable bonds is 6. The van der Waals surface area contributed by atoms with Gasteiger partial charge in [-0.1, -0.05) is 100 Å². The molecule has 0 spiro atoms. The number of nitriles is 4. The van der Waals surface area contributed by atoms with Crippen LogP contribution in [0.3, 0.4) is 0 Å². The maximum absolute atomic E-state index is 9.76. The van der Waals surface area contributed by atoms with Gasteiger partial charge in [-0.3, -0.25) is 0 Å². The average molecular weight is 748 g/mol. The lowest BCUT2D eigenvalue weighted by atomic mass is 9.74. The van der Waals surface area contributed by atoms with Crippen molar-refractivity contribution in [2.24, 2.45) is 0 Å². The highest BCUT2D eigenvalue weighted by molar-refractivity contribution is 9.10. The van der Waals surface area contributed by atoms with Gasteiger partial charge in [0.05, 0.1) is 46.5 Å². The molecule has 0 aliphatic heterocycles. The molecular formula is C46H24BrClN4. The van der Waals surface area contributed by atoms with Gasteiger partial charge in [0.25, 0.3) is 0 Å². The van der Waals surface area contributed by atoms with Crippen LogP contribution in [-0.2, 0) is 0 Å². The van der Waals surface area contributed by atoms with E-state index in [1.165, 1.54) is 0 Å². The highest BCUT2D eigenvalue weighted by Gasteiger charge is 2.29. The standard InChI is InChI=1S/C46H24BrClN4/c47-39-21-17-37(18-22-39)45-43(35-13-5-31(27-51)6-14-35)41(33-9-1-29(25-49)2-10-33)42(34-11-3-30(26-50)4-12-34)44(36-15-7-32(28-52)8-16-36)46(45)38-19-23-40(48)24-20-38/h1-24H. The lowest BCUT2D eigenvalue weighted by molar-refractivity contribution is 1.46. The number of nitrogens with zero attached hydrogens (tertiary/aromatic N) is 4. The van der Waals surface area contributed by atoms with Crippen molar-refractivity contribution in [2.45, 2.75) is 0 Å². The van der Waals surface area contributed by atoms with Gasteiger partial charge in [-0.05, 0) is 140 Å². The molecule has 0 unspecified atom stereocenters. The first-order valence-electron chi connectivity index (χ1n) is 16.2. The second-order valence-corrected chi connectivity index (χ2v) is 13.4. The fourth-order valence-corrected chi connectivity index (χ4v) is 6.95. The number of hydrogen-bond donors (Lipinski definition) is 0. The molecule has 0 aliphatic carbocycles. The largest absolute Gasteiger partial charge is 0.192 e. The fraction of sp³-hybridized carbons (Fsp3) is 0. The Labute approximate surface area is 315 Å². The lowest BCUT2D eigenvalue weighted by Gasteiger charge is -2.29. The Bertz CT molecular complexity index is 2430. The minimum atomic E-state index is 0.528. The molecule has 6 heteroatoms. The minimum Gasteiger partial charge on any atom is -0.192 e. The maximum Gasteiger partial charge on any atom is 0.0991 e. The number of halogens is 2. The van der Waals surface area contributed by atoms with Crippen molar-refractivity contribution >= 4 is 27.5 Å². The molecule has 52 heavy (non-hydrogen) atoms. The van der Waals surface area contributed by atoms with Crippen LogP contribution in [0.25, 0.3) is 66.8 Å². The van der Waals surface area contributed by atoms with Crippen molar-refractivity contribution in [1.29, 1.82) is 21.0 Å². The Balaban J connectivity index is 1.80. The van der Waals surface area contributed by atoms with Crippen molar-refractivity contribution in [1.82, 2.24) is 0 Å². The van der Waals surface area contributed by atoms with E-state index < -0.39 is 0 Å². The summed E-state index contributed by atoms with van der Waals surface area (Å²) < 4.78 is 0.929. The van der Waals surface area contributed by atoms with Crippen molar-refractivity contribution in [3.8, 4) is 91.0 Å². The summed E-state index contributed by atoms with van der Waals surface area (Å²) in [7, 11) is 0. The van der Waals surface area contributed by atoms with Crippen LogP contribution in [0, 0.1) is 45.3 Å². The van der Waals surface area contributed by atoms with Gasteiger partial charge in [0, 0.05) is 9.50 Å². The van der Waals surface area contributed by atoms with Crippen LogP contribution in [0.2, 0.25) is 5.02 Å². The van der Waals surface area contributed by atoms with Crippen LogP contribution < -0.4 is 0 Å². The lowest BCUT2D eigenvalue weighted by Crippen LogP contribution is -2.02. The summed E-state index contributed by atoms with van der Waals surface area (Å²) in [5.74, 6) is 0. The smallest absolute Gasteiger partial charge is 0.0991 e. The zero-order valence-electron chi connectivity index (χ0n) is 27.4. The SMILES string of the molecule is N#Cc1ccc(-c2c(-c3ccc(Cl)cc3)c(-c3ccc(Br)cc3)c(-c3ccc(C#N)cc3)c(-c3ccc(C#N)cc3)c2-c2ccc(C#N)cc2)cc1. The Kier molecular flexibility index (Phi) is 9.50. The van der Waals surface area contributed by atoms with Gasteiger partial charge in [0.1, 0.15) is 0 Å². The van der Waals surface area contributed by atoms with Crippen molar-refractivity contribution < 1.29 is 0 Å². The average Bonchev–Trinajstić information content (AvgIpc) is 3.20. The molecule has 0 fully saturated rings. The molecule has 0 N–H and O–H groups in total. The van der Waals surface area contributed by atoms with Gasteiger partial charge in [-0.15, -0.1) is 0 Å². The van der Waals surface area contributed by atoms with Gasteiger partial charge in [0.2, 0.25) is 0 Å². The monoisotopic (exact) mass is 746 g/mol. The van der Waals surface area contributed by atoms with Gasteiger partial charge < -0.3 is 0 Å². The molecule has 4 nitrogen and oxygen atoms in total. The van der Waals surface area contributed by atoms with Crippen LogP contribution in [0.5, 0.6) is 0 Å². The molecule has 0 saturated heterocycles. The Hall–Kier alpha value is -6.73. The van der Waals surface area contributed by atoms with Gasteiger partial charge in [-0.2, -0.15) is 21.0 Å². The molecular weight excluding hydrogens is 724 g/mol. The Morgan fingerprint density at radius 1 is 0.308 bits per heavy atom. The van der Waals surface area contributed by atoms with E-state index in [9.17, 15) is 21.0 Å². The Morgan fingerprint density at radius 2 is 0.500 bits per heavy atom. The third kappa shape index (κ3) is 6.48. The second kappa shape index (κ2) is 14.6. The van der Waals surface area contributed by atoms with E-state index in [1.807, 2.05) is 133 Å². The zero-order valence-corrected chi connectivity index (χ0v) is 29.7.